The molecule has 0 saturated carbocycles. The Bertz CT molecular complexity index is 1060. The predicted molar refractivity (Wildman–Crippen MR) is 121 cm³/mol. The average molecular weight is 445 g/mol. The van der Waals surface area contributed by atoms with Gasteiger partial charge < -0.3 is 15.4 Å². The molecule has 2 N–H and O–H groups in total. The molecule has 3 aromatic rings. The van der Waals surface area contributed by atoms with E-state index < -0.39 is 11.7 Å². The molecule has 0 radical (unpaired) electrons. The summed E-state index contributed by atoms with van der Waals surface area (Å²) >= 11 is 0. The van der Waals surface area contributed by atoms with Gasteiger partial charge >= 0.3 is 6.18 Å². The number of alkyl halides is 3. The highest BCUT2D eigenvalue weighted by Gasteiger charge is 2.35. The summed E-state index contributed by atoms with van der Waals surface area (Å²) in [7, 11) is 0. The molecule has 0 bridgehead atoms. The van der Waals surface area contributed by atoms with Crippen LogP contribution in [0.4, 0.5) is 36.3 Å². The lowest BCUT2D eigenvalue weighted by Crippen LogP contribution is -2.22. The fourth-order valence-electron chi connectivity index (χ4n) is 3.08. The SMILES string of the molecule is CC(C)c1ccccc1Nc1nc(Nc2ccc(OC(C)(C)C)cc2)ncc1C(F)(F)F. The molecule has 0 aliphatic heterocycles. The number of aromatic nitrogens is 2. The molecule has 2 aromatic carbocycles. The van der Waals surface area contributed by atoms with Crippen LogP contribution in [0.2, 0.25) is 0 Å². The van der Waals surface area contributed by atoms with E-state index in [9.17, 15) is 13.2 Å². The van der Waals surface area contributed by atoms with Crippen LogP contribution in [0.1, 0.15) is 51.7 Å². The van der Waals surface area contributed by atoms with Crippen molar-refractivity contribution >= 4 is 23.1 Å². The lowest BCUT2D eigenvalue weighted by Gasteiger charge is -2.21. The van der Waals surface area contributed by atoms with Gasteiger partial charge in [-0.25, -0.2) is 4.98 Å². The van der Waals surface area contributed by atoms with Gasteiger partial charge in [0.15, 0.2) is 0 Å². The quantitative estimate of drug-likeness (QED) is 0.418. The topological polar surface area (TPSA) is 59.1 Å². The van der Waals surface area contributed by atoms with Crippen molar-refractivity contribution in [2.24, 2.45) is 0 Å². The molecule has 0 saturated heterocycles. The van der Waals surface area contributed by atoms with Crippen molar-refractivity contribution in [3.8, 4) is 5.75 Å². The smallest absolute Gasteiger partial charge is 0.421 e. The molecule has 1 heterocycles. The molecule has 0 atom stereocenters. The Morgan fingerprint density at radius 3 is 2.16 bits per heavy atom. The lowest BCUT2D eigenvalue weighted by molar-refractivity contribution is -0.137. The van der Waals surface area contributed by atoms with Crippen LogP contribution in [0, 0.1) is 0 Å². The van der Waals surface area contributed by atoms with E-state index in [-0.39, 0.29) is 23.3 Å². The first-order valence-corrected chi connectivity index (χ1v) is 10.3. The molecular formula is C24H27F3N4O. The summed E-state index contributed by atoms with van der Waals surface area (Å²) in [4.78, 5) is 8.00. The first-order valence-electron chi connectivity index (χ1n) is 10.3. The average Bonchev–Trinajstić information content (AvgIpc) is 2.68. The second-order valence-electron chi connectivity index (χ2n) is 8.68. The van der Waals surface area contributed by atoms with E-state index >= 15 is 0 Å². The Labute approximate surface area is 186 Å². The third-order valence-electron chi connectivity index (χ3n) is 4.46. The Hall–Kier alpha value is -3.29. The summed E-state index contributed by atoms with van der Waals surface area (Å²) in [5.41, 5.74) is 0.817. The number of ether oxygens (including phenoxy) is 1. The highest BCUT2D eigenvalue weighted by molar-refractivity contribution is 5.66. The van der Waals surface area contributed by atoms with Gasteiger partial charge in [-0.1, -0.05) is 32.0 Å². The van der Waals surface area contributed by atoms with Crippen LogP contribution < -0.4 is 15.4 Å². The van der Waals surface area contributed by atoms with Crippen LogP contribution in [-0.4, -0.2) is 15.6 Å². The number of hydrogen-bond acceptors (Lipinski definition) is 5. The molecule has 3 rings (SSSR count). The van der Waals surface area contributed by atoms with E-state index in [4.69, 9.17) is 4.74 Å². The minimum Gasteiger partial charge on any atom is -0.488 e. The predicted octanol–water partition coefficient (Wildman–Crippen LogP) is 7.28. The van der Waals surface area contributed by atoms with Crippen molar-refractivity contribution in [1.29, 1.82) is 0 Å². The van der Waals surface area contributed by atoms with Crippen molar-refractivity contribution in [2.75, 3.05) is 10.6 Å². The molecule has 8 heteroatoms. The Morgan fingerprint density at radius 2 is 1.56 bits per heavy atom. The highest BCUT2D eigenvalue weighted by atomic mass is 19.4. The van der Waals surface area contributed by atoms with Crippen LogP contribution in [0.5, 0.6) is 5.75 Å². The van der Waals surface area contributed by atoms with Crippen LogP contribution in [-0.2, 0) is 6.18 Å². The number of anilines is 4. The van der Waals surface area contributed by atoms with E-state index in [1.807, 2.05) is 46.8 Å². The molecule has 0 unspecified atom stereocenters. The van der Waals surface area contributed by atoms with Gasteiger partial charge in [-0.3, -0.25) is 0 Å². The van der Waals surface area contributed by atoms with E-state index in [2.05, 4.69) is 20.6 Å². The zero-order valence-corrected chi connectivity index (χ0v) is 18.7. The number of hydrogen-bond donors (Lipinski definition) is 2. The van der Waals surface area contributed by atoms with Crippen molar-refractivity contribution in [3.63, 3.8) is 0 Å². The normalized spacial score (nSPS) is 12.0. The molecule has 5 nitrogen and oxygen atoms in total. The van der Waals surface area contributed by atoms with Gasteiger partial charge in [-0.2, -0.15) is 18.2 Å². The Balaban J connectivity index is 1.90. The molecule has 0 spiro atoms. The number of halogens is 3. The highest BCUT2D eigenvalue weighted by Crippen LogP contribution is 2.36. The molecular weight excluding hydrogens is 417 g/mol. The number of para-hydroxylation sites is 1. The molecule has 1 aromatic heterocycles. The third kappa shape index (κ3) is 6.12. The number of benzene rings is 2. The van der Waals surface area contributed by atoms with Gasteiger partial charge in [0.2, 0.25) is 5.95 Å². The van der Waals surface area contributed by atoms with E-state index in [1.54, 1.807) is 36.4 Å². The van der Waals surface area contributed by atoms with Gasteiger partial charge in [0.25, 0.3) is 0 Å². The summed E-state index contributed by atoms with van der Waals surface area (Å²) in [6, 6.07) is 14.3. The van der Waals surface area contributed by atoms with Crippen LogP contribution in [0.25, 0.3) is 0 Å². The minimum absolute atomic E-state index is 0.0482. The maximum Gasteiger partial charge on any atom is 0.421 e. The molecule has 32 heavy (non-hydrogen) atoms. The Morgan fingerprint density at radius 1 is 0.906 bits per heavy atom. The van der Waals surface area contributed by atoms with Crippen LogP contribution in [0.15, 0.2) is 54.7 Å². The van der Waals surface area contributed by atoms with E-state index in [1.165, 1.54) is 0 Å². The van der Waals surface area contributed by atoms with Crippen LogP contribution >= 0.6 is 0 Å². The van der Waals surface area contributed by atoms with E-state index in [0.717, 1.165) is 11.8 Å². The number of nitrogens with one attached hydrogen (secondary N) is 2. The third-order valence-corrected chi connectivity index (χ3v) is 4.46. The summed E-state index contributed by atoms with van der Waals surface area (Å²) in [6.45, 7) is 9.79. The number of rotatable bonds is 6. The first-order chi connectivity index (χ1) is 14.9. The Kier molecular flexibility index (Phi) is 6.62. The molecule has 0 fully saturated rings. The first kappa shape index (κ1) is 23.4. The lowest BCUT2D eigenvalue weighted by atomic mass is 10.0. The van der Waals surface area contributed by atoms with Crippen molar-refractivity contribution < 1.29 is 17.9 Å². The second-order valence-corrected chi connectivity index (χ2v) is 8.68. The maximum atomic E-state index is 13.6. The molecule has 0 aliphatic carbocycles. The summed E-state index contributed by atoms with van der Waals surface area (Å²) in [5, 5.41) is 5.81. The van der Waals surface area contributed by atoms with Gasteiger partial charge in [0.05, 0.1) is 0 Å². The standard InChI is InChI=1S/C24H27F3N4O/c1-15(2)18-8-6-7-9-20(18)30-21-19(24(25,26)27)14-28-22(31-21)29-16-10-12-17(13-11-16)32-23(3,4)5/h6-15H,1-5H3,(H2,28,29,30,31). The molecule has 170 valence electrons. The fraction of sp³-hybridized carbons (Fsp3) is 0.333. The van der Waals surface area contributed by atoms with Gasteiger partial charge in [0, 0.05) is 17.6 Å². The number of nitrogens with zero attached hydrogens (tertiary/aromatic N) is 2. The van der Waals surface area contributed by atoms with Crippen molar-refractivity contribution in [3.05, 3.63) is 65.9 Å². The zero-order valence-electron chi connectivity index (χ0n) is 18.7. The molecule has 0 aliphatic rings. The maximum absolute atomic E-state index is 13.6. The van der Waals surface area contributed by atoms with Crippen molar-refractivity contribution in [1.82, 2.24) is 9.97 Å². The zero-order chi connectivity index (χ0) is 23.5. The fourth-order valence-corrected chi connectivity index (χ4v) is 3.08. The largest absolute Gasteiger partial charge is 0.488 e. The minimum atomic E-state index is -4.60. The summed E-state index contributed by atoms with van der Waals surface area (Å²) in [5.74, 6) is 0.549. The summed E-state index contributed by atoms with van der Waals surface area (Å²) < 4.78 is 46.6. The second kappa shape index (κ2) is 9.06. The molecule has 0 amide bonds. The van der Waals surface area contributed by atoms with Gasteiger partial charge in [-0.05, 0) is 62.6 Å². The monoisotopic (exact) mass is 444 g/mol. The summed E-state index contributed by atoms with van der Waals surface area (Å²) in [6.07, 6.45) is -3.81. The van der Waals surface area contributed by atoms with E-state index in [0.29, 0.717) is 17.1 Å². The van der Waals surface area contributed by atoms with Gasteiger partial charge in [0.1, 0.15) is 22.7 Å². The van der Waals surface area contributed by atoms with Crippen molar-refractivity contribution in [2.45, 2.75) is 52.3 Å². The van der Waals surface area contributed by atoms with Gasteiger partial charge in [-0.15, -0.1) is 0 Å². The van der Waals surface area contributed by atoms with Crippen LogP contribution in [0.3, 0.4) is 0 Å².